The summed E-state index contributed by atoms with van der Waals surface area (Å²) in [7, 11) is 1.52. The van der Waals surface area contributed by atoms with Gasteiger partial charge in [0.25, 0.3) is 5.91 Å². The molecule has 0 saturated carbocycles. The molecular formula is C16H15ClN2O2. The van der Waals surface area contributed by atoms with E-state index in [9.17, 15) is 4.79 Å². The van der Waals surface area contributed by atoms with E-state index in [-0.39, 0.29) is 5.91 Å². The van der Waals surface area contributed by atoms with Crippen molar-refractivity contribution < 1.29 is 9.53 Å². The maximum Gasteiger partial charge on any atom is 0.275 e. The fraction of sp³-hybridized carbons (Fsp3) is 0.125. The zero-order chi connectivity index (χ0) is 15.2. The minimum atomic E-state index is -0.334. The molecule has 0 aliphatic rings. The Balaban J connectivity index is 2.17. The average molecular weight is 303 g/mol. The first-order valence-electron chi connectivity index (χ1n) is 6.36. The quantitative estimate of drug-likeness (QED) is 0.694. The normalized spacial score (nSPS) is 11.1. The molecule has 21 heavy (non-hydrogen) atoms. The second-order valence-electron chi connectivity index (χ2n) is 4.32. The molecule has 5 heteroatoms. The molecule has 0 aliphatic carbocycles. The highest BCUT2D eigenvalue weighted by atomic mass is 35.5. The molecule has 1 amide bonds. The van der Waals surface area contributed by atoms with Crippen molar-refractivity contribution in [3.05, 3.63) is 64.7 Å². The predicted molar refractivity (Wildman–Crippen MR) is 84.1 cm³/mol. The standard InChI is InChI=1S/C16H15ClN2O2/c1-11(12-7-3-5-9-14(12)17)18-19-16(20)13-8-4-6-10-15(13)21-2/h3-10H,1-2H3,(H,19,20)/b18-11+. The molecule has 0 atom stereocenters. The van der Waals surface area contributed by atoms with Gasteiger partial charge in [-0.2, -0.15) is 5.10 Å². The van der Waals surface area contributed by atoms with Gasteiger partial charge in [-0.3, -0.25) is 4.79 Å². The number of rotatable bonds is 4. The van der Waals surface area contributed by atoms with Gasteiger partial charge < -0.3 is 4.74 Å². The van der Waals surface area contributed by atoms with Crippen LogP contribution >= 0.6 is 11.6 Å². The Kier molecular flexibility index (Phi) is 4.95. The van der Waals surface area contributed by atoms with Crippen LogP contribution in [-0.2, 0) is 0 Å². The third-order valence-electron chi connectivity index (χ3n) is 2.94. The number of carbonyl (C=O) groups excluding carboxylic acids is 1. The van der Waals surface area contributed by atoms with E-state index >= 15 is 0 Å². The summed E-state index contributed by atoms with van der Waals surface area (Å²) in [5.41, 5.74) is 4.34. The lowest BCUT2D eigenvalue weighted by Crippen LogP contribution is -2.20. The van der Waals surface area contributed by atoms with Crippen LogP contribution in [0.5, 0.6) is 5.75 Å². The lowest BCUT2D eigenvalue weighted by Gasteiger charge is -2.07. The van der Waals surface area contributed by atoms with Gasteiger partial charge in [0.15, 0.2) is 0 Å². The Morgan fingerprint density at radius 1 is 1.10 bits per heavy atom. The summed E-state index contributed by atoms with van der Waals surface area (Å²) < 4.78 is 5.15. The van der Waals surface area contributed by atoms with Crippen LogP contribution in [0.15, 0.2) is 53.6 Å². The first-order chi connectivity index (χ1) is 10.1. The van der Waals surface area contributed by atoms with Crippen LogP contribution in [-0.4, -0.2) is 18.7 Å². The molecule has 0 fully saturated rings. The lowest BCUT2D eigenvalue weighted by molar-refractivity contribution is 0.0952. The molecule has 0 bridgehead atoms. The molecule has 2 rings (SSSR count). The monoisotopic (exact) mass is 302 g/mol. The van der Waals surface area contributed by atoms with Crippen LogP contribution in [0, 0.1) is 0 Å². The zero-order valence-electron chi connectivity index (χ0n) is 11.8. The molecule has 0 saturated heterocycles. The number of hydrogen-bond donors (Lipinski definition) is 1. The number of hydrogen-bond acceptors (Lipinski definition) is 3. The first kappa shape index (κ1) is 15.1. The largest absolute Gasteiger partial charge is 0.496 e. The summed E-state index contributed by atoms with van der Waals surface area (Å²) in [4.78, 5) is 12.1. The molecule has 0 spiro atoms. The van der Waals surface area contributed by atoms with Gasteiger partial charge in [-0.25, -0.2) is 5.43 Å². The maximum atomic E-state index is 12.1. The molecule has 2 aromatic rings. The van der Waals surface area contributed by atoms with Crippen molar-refractivity contribution in [2.45, 2.75) is 6.92 Å². The van der Waals surface area contributed by atoms with Crippen LogP contribution in [0.25, 0.3) is 0 Å². The lowest BCUT2D eigenvalue weighted by atomic mass is 10.1. The summed E-state index contributed by atoms with van der Waals surface area (Å²) in [5.74, 6) is 0.166. The number of carbonyl (C=O) groups is 1. The van der Waals surface area contributed by atoms with Gasteiger partial charge >= 0.3 is 0 Å². The van der Waals surface area contributed by atoms with Gasteiger partial charge in [0, 0.05) is 10.6 Å². The van der Waals surface area contributed by atoms with E-state index in [0.717, 1.165) is 5.56 Å². The molecule has 0 unspecified atom stereocenters. The number of halogens is 1. The van der Waals surface area contributed by atoms with Gasteiger partial charge in [-0.1, -0.05) is 41.9 Å². The smallest absolute Gasteiger partial charge is 0.275 e. The average Bonchev–Trinajstić information content (AvgIpc) is 2.52. The van der Waals surface area contributed by atoms with Gasteiger partial charge in [-0.15, -0.1) is 0 Å². The fourth-order valence-corrected chi connectivity index (χ4v) is 2.11. The molecule has 1 N–H and O–H groups in total. The molecule has 4 nitrogen and oxygen atoms in total. The van der Waals surface area contributed by atoms with E-state index < -0.39 is 0 Å². The Bertz CT molecular complexity index is 683. The Labute approximate surface area is 128 Å². The predicted octanol–water partition coefficient (Wildman–Crippen LogP) is 3.50. The van der Waals surface area contributed by atoms with Crippen molar-refractivity contribution in [1.29, 1.82) is 0 Å². The second-order valence-corrected chi connectivity index (χ2v) is 4.73. The van der Waals surface area contributed by atoms with E-state index in [0.29, 0.717) is 22.0 Å². The van der Waals surface area contributed by atoms with Crippen molar-refractivity contribution in [1.82, 2.24) is 5.43 Å². The highest BCUT2D eigenvalue weighted by molar-refractivity contribution is 6.34. The molecule has 0 aliphatic heterocycles. The van der Waals surface area contributed by atoms with E-state index in [1.807, 2.05) is 18.2 Å². The second kappa shape index (κ2) is 6.90. The Hall–Kier alpha value is -2.33. The number of methoxy groups -OCH3 is 1. The van der Waals surface area contributed by atoms with Gasteiger partial charge in [0.2, 0.25) is 0 Å². The van der Waals surface area contributed by atoms with Gasteiger partial charge in [-0.05, 0) is 25.1 Å². The number of amides is 1. The summed E-state index contributed by atoms with van der Waals surface area (Å²) in [6.07, 6.45) is 0. The van der Waals surface area contributed by atoms with E-state index in [1.54, 1.807) is 37.3 Å². The number of nitrogens with one attached hydrogen (secondary N) is 1. The zero-order valence-corrected chi connectivity index (χ0v) is 12.5. The summed E-state index contributed by atoms with van der Waals surface area (Å²) in [6, 6.07) is 14.3. The molecule has 0 heterocycles. The van der Waals surface area contributed by atoms with E-state index in [1.165, 1.54) is 7.11 Å². The summed E-state index contributed by atoms with van der Waals surface area (Å²) >= 11 is 6.09. The third-order valence-corrected chi connectivity index (χ3v) is 3.27. The summed E-state index contributed by atoms with van der Waals surface area (Å²) in [5, 5.41) is 4.67. The van der Waals surface area contributed by atoms with Crippen LogP contribution < -0.4 is 10.2 Å². The number of para-hydroxylation sites is 1. The van der Waals surface area contributed by atoms with Crippen molar-refractivity contribution >= 4 is 23.2 Å². The third kappa shape index (κ3) is 3.61. The minimum absolute atomic E-state index is 0.334. The molecular weight excluding hydrogens is 288 g/mol. The Morgan fingerprint density at radius 2 is 1.71 bits per heavy atom. The number of hydrazone groups is 1. The molecule has 0 radical (unpaired) electrons. The van der Waals surface area contributed by atoms with Crippen molar-refractivity contribution in [3.63, 3.8) is 0 Å². The fourth-order valence-electron chi connectivity index (χ4n) is 1.84. The first-order valence-corrected chi connectivity index (χ1v) is 6.74. The van der Waals surface area contributed by atoms with Crippen molar-refractivity contribution in [3.8, 4) is 5.75 Å². The van der Waals surface area contributed by atoms with Crippen molar-refractivity contribution in [2.75, 3.05) is 7.11 Å². The van der Waals surface area contributed by atoms with E-state index in [4.69, 9.17) is 16.3 Å². The van der Waals surface area contributed by atoms with Gasteiger partial charge in [0.1, 0.15) is 5.75 Å². The molecule has 0 aromatic heterocycles. The summed E-state index contributed by atoms with van der Waals surface area (Å²) in [6.45, 7) is 1.78. The molecule has 108 valence electrons. The van der Waals surface area contributed by atoms with Gasteiger partial charge in [0.05, 0.1) is 18.4 Å². The van der Waals surface area contributed by atoms with E-state index in [2.05, 4.69) is 10.5 Å². The highest BCUT2D eigenvalue weighted by Crippen LogP contribution is 2.18. The van der Waals surface area contributed by atoms with Crippen LogP contribution in [0.4, 0.5) is 0 Å². The maximum absolute atomic E-state index is 12.1. The number of ether oxygens (including phenoxy) is 1. The number of nitrogens with zero attached hydrogens (tertiary/aromatic N) is 1. The SMILES string of the molecule is COc1ccccc1C(=O)N/N=C(\C)c1ccccc1Cl. The van der Waals surface area contributed by atoms with Crippen LogP contribution in [0.3, 0.4) is 0 Å². The topological polar surface area (TPSA) is 50.7 Å². The Morgan fingerprint density at radius 3 is 2.38 bits per heavy atom. The highest BCUT2D eigenvalue weighted by Gasteiger charge is 2.11. The molecule has 2 aromatic carbocycles. The van der Waals surface area contributed by atoms with Crippen molar-refractivity contribution in [2.24, 2.45) is 5.10 Å². The minimum Gasteiger partial charge on any atom is -0.496 e. The van der Waals surface area contributed by atoms with Crippen LogP contribution in [0.2, 0.25) is 5.02 Å². The number of benzene rings is 2. The van der Waals surface area contributed by atoms with Crippen LogP contribution in [0.1, 0.15) is 22.8 Å².